The van der Waals surface area contributed by atoms with Crippen LogP contribution in [0.25, 0.3) is 0 Å². The molecule has 1 aliphatic rings. The van der Waals surface area contributed by atoms with Gasteiger partial charge in [0.15, 0.2) is 0 Å². The molecule has 2 heterocycles. The van der Waals surface area contributed by atoms with Crippen molar-refractivity contribution in [3.63, 3.8) is 0 Å². The minimum Gasteiger partial charge on any atom is -0.475 e. The Bertz CT molecular complexity index is 628. The molecule has 1 aromatic rings. The van der Waals surface area contributed by atoms with E-state index in [1.165, 1.54) is 5.56 Å². The van der Waals surface area contributed by atoms with E-state index in [9.17, 15) is 31.4 Å². The lowest BCUT2D eigenvalue weighted by molar-refractivity contribution is -0.193. The van der Waals surface area contributed by atoms with E-state index in [0.29, 0.717) is 0 Å². The number of halogens is 6. The fourth-order valence-corrected chi connectivity index (χ4v) is 2.49. The number of carbonyl (C=O) groups is 2. The maximum absolute atomic E-state index is 10.6. The third-order valence-electron chi connectivity index (χ3n) is 3.79. The van der Waals surface area contributed by atoms with Crippen molar-refractivity contribution in [2.45, 2.75) is 50.7 Å². The molecule has 0 unspecified atom stereocenters. The van der Waals surface area contributed by atoms with E-state index in [1.54, 1.807) is 6.20 Å². The molecule has 1 aromatic heterocycles. The van der Waals surface area contributed by atoms with Gasteiger partial charge < -0.3 is 15.3 Å². The van der Waals surface area contributed by atoms with Gasteiger partial charge in [0.25, 0.3) is 0 Å². The number of hydrogen-bond acceptors (Lipinski definition) is 5. The van der Waals surface area contributed by atoms with Crippen molar-refractivity contribution in [1.29, 1.82) is 0 Å². The molecule has 0 radical (unpaired) electrons. The van der Waals surface area contributed by atoms with Crippen LogP contribution < -0.4 is 0 Å². The molecule has 1 aliphatic heterocycles. The van der Waals surface area contributed by atoms with Gasteiger partial charge in [0, 0.05) is 25.0 Å². The Morgan fingerprint density at radius 1 is 1.13 bits per heavy atom. The number of alkyl halides is 6. The van der Waals surface area contributed by atoms with Gasteiger partial charge in [-0.25, -0.2) is 9.59 Å². The molecule has 0 bridgehead atoms. The average Bonchev–Trinajstić information content (AvgIpc) is 2.96. The minimum atomic E-state index is -5.08. The Kier molecular flexibility index (Phi) is 11.3. The number of carboxylic acid groups (broad SMARTS) is 2. The zero-order chi connectivity index (χ0) is 23.5. The number of likely N-dealkylation sites (tertiary alicyclic amines) is 1. The Labute approximate surface area is 167 Å². The normalized spacial score (nSPS) is 19.2. The van der Waals surface area contributed by atoms with Crippen molar-refractivity contribution in [3.8, 4) is 0 Å². The van der Waals surface area contributed by atoms with Crippen LogP contribution in [-0.4, -0.2) is 74.7 Å². The highest BCUT2D eigenvalue weighted by Crippen LogP contribution is 2.21. The molecule has 0 saturated carbocycles. The van der Waals surface area contributed by atoms with Crippen LogP contribution in [0.1, 0.15) is 25.3 Å². The van der Waals surface area contributed by atoms with E-state index in [1.807, 2.05) is 12.3 Å². The number of pyridine rings is 1. The molecule has 1 saturated heterocycles. The van der Waals surface area contributed by atoms with Crippen LogP contribution in [0.2, 0.25) is 0 Å². The first-order valence-corrected chi connectivity index (χ1v) is 8.61. The first-order valence-electron chi connectivity index (χ1n) is 8.61. The zero-order valence-electron chi connectivity index (χ0n) is 15.8. The van der Waals surface area contributed by atoms with Crippen molar-refractivity contribution in [2.75, 3.05) is 13.1 Å². The lowest BCUT2D eigenvalue weighted by Gasteiger charge is -2.25. The molecule has 2 atom stereocenters. The molecule has 13 heteroatoms. The van der Waals surface area contributed by atoms with E-state index in [4.69, 9.17) is 19.8 Å². The van der Waals surface area contributed by atoms with Crippen molar-refractivity contribution in [1.82, 2.24) is 9.88 Å². The number of nitrogens with zero attached hydrogens (tertiary/aromatic N) is 2. The fourth-order valence-electron chi connectivity index (χ4n) is 2.49. The average molecular weight is 448 g/mol. The second kappa shape index (κ2) is 12.3. The van der Waals surface area contributed by atoms with Gasteiger partial charge in [-0.3, -0.25) is 9.88 Å². The molecule has 172 valence electrons. The molecule has 0 aromatic carbocycles. The van der Waals surface area contributed by atoms with Crippen LogP contribution in [0.4, 0.5) is 26.3 Å². The first-order chi connectivity index (χ1) is 13.7. The van der Waals surface area contributed by atoms with Crippen molar-refractivity contribution in [3.05, 3.63) is 30.1 Å². The summed E-state index contributed by atoms with van der Waals surface area (Å²) in [5.41, 5.74) is 1.22. The molecule has 2 rings (SSSR count). The molecule has 0 aliphatic carbocycles. The summed E-state index contributed by atoms with van der Waals surface area (Å²) in [4.78, 5) is 24.3. The van der Waals surface area contributed by atoms with Gasteiger partial charge in [0.2, 0.25) is 0 Å². The van der Waals surface area contributed by atoms with Crippen LogP contribution in [0, 0.1) is 0 Å². The summed E-state index contributed by atoms with van der Waals surface area (Å²) in [6.07, 6.45) is -3.68. The summed E-state index contributed by atoms with van der Waals surface area (Å²) in [6, 6.07) is 4.33. The SMILES string of the molecule is CCCN1CC[C@@H](O)[C@@H]1Cc1cccnc1.O=C(O)C(F)(F)F.O=C(O)C(F)(F)F. The Morgan fingerprint density at radius 2 is 1.63 bits per heavy atom. The lowest BCUT2D eigenvalue weighted by Crippen LogP contribution is -2.37. The number of aromatic nitrogens is 1. The number of rotatable bonds is 4. The molecule has 0 amide bonds. The van der Waals surface area contributed by atoms with Crippen LogP contribution >= 0.6 is 0 Å². The van der Waals surface area contributed by atoms with E-state index in [0.717, 1.165) is 32.4 Å². The minimum absolute atomic E-state index is 0.174. The summed E-state index contributed by atoms with van der Waals surface area (Å²) < 4.78 is 63.5. The largest absolute Gasteiger partial charge is 0.490 e. The van der Waals surface area contributed by atoms with Crippen LogP contribution in [0.5, 0.6) is 0 Å². The predicted octanol–water partition coefficient (Wildman–Crippen LogP) is 2.74. The lowest BCUT2D eigenvalue weighted by atomic mass is 10.0. The van der Waals surface area contributed by atoms with Crippen LogP contribution in [0.3, 0.4) is 0 Å². The van der Waals surface area contributed by atoms with Crippen molar-refractivity contribution >= 4 is 11.9 Å². The van der Waals surface area contributed by atoms with Gasteiger partial charge >= 0.3 is 24.3 Å². The third-order valence-corrected chi connectivity index (χ3v) is 3.79. The van der Waals surface area contributed by atoms with E-state index in [2.05, 4.69) is 22.9 Å². The number of aliphatic hydroxyl groups is 1. The van der Waals surface area contributed by atoms with E-state index < -0.39 is 24.3 Å². The van der Waals surface area contributed by atoms with E-state index >= 15 is 0 Å². The molecule has 0 spiro atoms. The Balaban J connectivity index is 0.000000503. The van der Waals surface area contributed by atoms with Gasteiger partial charge in [-0.2, -0.15) is 26.3 Å². The molecule has 1 fully saturated rings. The molecular weight excluding hydrogens is 426 g/mol. The number of carboxylic acids is 2. The van der Waals surface area contributed by atoms with Crippen LogP contribution in [0.15, 0.2) is 24.5 Å². The highest BCUT2D eigenvalue weighted by atomic mass is 19.4. The number of aliphatic hydroxyl groups excluding tert-OH is 1. The van der Waals surface area contributed by atoms with Gasteiger partial charge in [-0.1, -0.05) is 13.0 Å². The number of hydrogen-bond donors (Lipinski definition) is 3. The third kappa shape index (κ3) is 11.0. The smallest absolute Gasteiger partial charge is 0.475 e. The summed E-state index contributed by atoms with van der Waals surface area (Å²) in [7, 11) is 0. The maximum atomic E-state index is 10.6. The second-order valence-corrected chi connectivity index (χ2v) is 6.13. The predicted molar refractivity (Wildman–Crippen MR) is 91.6 cm³/mol. The molecular formula is C17H22F6N2O5. The summed E-state index contributed by atoms with van der Waals surface area (Å²) in [5.74, 6) is -5.51. The zero-order valence-corrected chi connectivity index (χ0v) is 15.8. The van der Waals surface area contributed by atoms with Gasteiger partial charge in [-0.15, -0.1) is 0 Å². The van der Waals surface area contributed by atoms with Gasteiger partial charge in [0.1, 0.15) is 0 Å². The Morgan fingerprint density at radius 3 is 2.00 bits per heavy atom. The summed E-state index contributed by atoms with van der Waals surface area (Å²) >= 11 is 0. The van der Waals surface area contributed by atoms with Crippen molar-refractivity contribution in [2.24, 2.45) is 0 Å². The highest BCUT2D eigenvalue weighted by Gasteiger charge is 2.38. The standard InChI is InChI=1S/C13H20N2O.2C2HF3O2/c1-2-7-15-8-5-13(16)12(15)9-11-4-3-6-14-10-11;2*3-2(4,5)1(6)7/h3-4,6,10,12-13,16H,2,5,7-9H2,1H3;2*(H,6,7)/t12-,13+;;/m0../s1. The van der Waals surface area contributed by atoms with Gasteiger partial charge in [-0.05, 0) is 37.4 Å². The quantitative estimate of drug-likeness (QED) is 0.608. The highest BCUT2D eigenvalue weighted by molar-refractivity contribution is 5.73. The Hall–Kier alpha value is -2.41. The molecule has 3 N–H and O–H groups in total. The summed E-state index contributed by atoms with van der Waals surface area (Å²) in [6.45, 7) is 4.30. The van der Waals surface area contributed by atoms with E-state index in [-0.39, 0.29) is 12.1 Å². The van der Waals surface area contributed by atoms with Crippen LogP contribution in [-0.2, 0) is 16.0 Å². The van der Waals surface area contributed by atoms with Crippen molar-refractivity contribution < 1.29 is 51.3 Å². The maximum Gasteiger partial charge on any atom is 0.490 e. The summed E-state index contributed by atoms with van der Waals surface area (Å²) in [5, 5.41) is 24.2. The monoisotopic (exact) mass is 448 g/mol. The fraction of sp³-hybridized carbons (Fsp3) is 0.588. The molecule has 30 heavy (non-hydrogen) atoms. The first kappa shape index (κ1) is 27.6. The second-order valence-electron chi connectivity index (χ2n) is 6.13. The topological polar surface area (TPSA) is 111 Å². The van der Waals surface area contributed by atoms with Gasteiger partial charge in [0.05, 0.1) is 6.10 Å². The number of aliphatic carboxylic acids is 2. The molecule has 7 nitrogen and oxygen atoms in total.